The third-order valence-corrected chi connectivity index (χ3v) is 3.46. The molecule has 0 heterocycles. The highest BCUT2D eigenvalue weighted by Crippen LogP contribution is 2.26. The lowest BCUT2D eigenvalue weighted by atomic mass is 10.3. The second-order valence-corrected chi connectivity index (χ2v) is 5.72. The first-order valence-electron chi connectivity index (χ1n) is 6.71. The molecule has 0 bridgehead atoms. The highest BCUT2D eigenvalue weighted by Gasteiger charge is 2.19. The number of hydrogen-bond acceptors (Lipinski definition) is 6. The molecule has 6 nitrogen and oxygen atoms in total. The van der Waals surface area contributed by atoms with Crippen molar-refractivity contribution in [2.75, 3.05) is 12.9 Å². The Kier molecular flexibility index (Phi) is 7.45. The molecule has 1 amide bonds. The first-order chi connectivity index (χ1) is 10.4. The van der Waals surface area contributed by atoms with Crippen LogP contribution in [0.1, 0.15) is 20.3 Å². The molecular formula is C15H19NO5S. The molecule has 0 aliphatic rings. The van der Waals surface area contributed by atoms with Crippen LogP contribution in [0.5, 0.6) is 11.5 Å². The van der Waals surface area contributed by atoms with Crippen LogP contribution in [0.2, 0.25) is 0 Å². The van der Waals surface area contributed by atoms with Crippen molar-refractivity contribution in [3.05, 3.63) is 24.3 Å². The number of esters is 1. The number of para-hydroxylation sites is 2. The van der Waals surface area contributed by atoms with E-state index in [1.807, 2.05) is 0 Å². The van der Waals surface area contributed by atoms with E-state index in [4.69, 9.17) is 9.47 Å². The molecule has 0 saturated carbocycles. The zero-order chi connectivity index (χ0) is 16.5. The summed E-state index contributed by atoms with van der Waals surface area (Å²) in [5.74, 6) is 0.223. The standard InChI is InChI=1S/C15H19NO5S/c1-10(16-14(18)8-9-22-11(2)17)15(19)21-13-7-5-4-6-12(13)20-3/h4-7,10H,8-9H2,1-3H3,(H,16,18)/t10-/m0/s1. The van der Waals surface area contributed by atoms with E-state index in [0.717, 1.165) is 11.8 Å². The van der Waals surface area contributed by atoms with Gasteiger partial charge in [0.2, 0.25) is 5.91 Å². The lowest BCUT2D eigenvalue weighted by molar-refractivity contribution is -0.138. The number of thioether (sulfide) groups is 1. The number of amides is 1. The van der Waals surface area contributed by atoms with Gasteiger partial charge in [0, 0.05) is 19.1 Å². The van der Waals surface area contributed by atoms with E-state index in [1.54, 1.807) is 24.3 Å². The van der Waals surface area contributed by atoms with Gasteiger partial charge in [-0.2, -0.15) is 0 Å². The summed E-state index contributed by atoms with van der Waals surface area (Å²) in [6, 6.07) is 5.96. The number of benzene rings is 1. The van der Waals surface area contributed by atoms with Gasteiger partial charge in [0.25, 0.3) is 0 Å². The fourth-order valence-corrected chi connectivity index (χ4v) is 2.13. The maximum Gasteiger partial charge on any atom is 0.333 e. The number of hydrogen-bond donors (Lipinski definition) is 1. The van der Waals surface area contributed by atoms with Gasteiger partial charge in [0.1, 0.15) is 6.04 Å². The second kappa shape index (κ2) is 9.09. The number of ether oxygens (including phenoxy) is 2. The van der Waals surface area contributed by atoms with Gasteiger partial charge in [0.15, 0.2) is 16.6 Å². The van der Waals surface area contributed by atoms with Crippen LogP contribution in [-0.2, 0) is 14.4 Å². The summed E-state index contributed by atoms with van der Waals surface area (Å²) >= 11 is 1.07. The molecular weight excluding hydrogens is 306 g/mol. The molecule has 0 aliphatic heterocycles. The monoisotopic (exact) mass is 325 g/mol. The van der Waals surface area contributed by atoms with Crippen molar-refractivity contribution >= 4 is 28.8 Å². The quantitative estimate of drug-likeness (QED) is 0.608. The number of methoxy groups -OCH3 is 1. The van der Waals surface area contributed by atoms with Crippen LogP contribution in [-0.4, -0.2) is 35.9 Å². The molecule has 0 spiro atoms. The highest BCUT2D eigenvalue weighted by atomic mass is 32.2. The Morgan fingerprint density at radius 3 is 2.45 bits per heavy atom. The molecule has 0 saturated heterocycles. The van der Waals surface area contributed by atoms with Gasteiger partial charge in [-0.3, -0.25) is 9.59 Å². The van der Waals surface area contributed by atoms with Crippen LogP contribution < -0.4 is 14.8 Å². The summed E-state index contributed by atoms with van der Waals surface area (Å²) in [4.78, 5) is 34.4. The number of carbonyl (C=O) groups excluding carboxylic acids is 3. The van der Waals surface area contributed by atoms with Crippen molar-refractivity contribution in [3.63, 3.8) is 0 Å². The molecule has 7 heteroatoms. The van der Waals surface area contributed by atoms with E-state index >= 15 is 0 Å². The van der Waals surface area contributed by atoms with Gasteiger partial charge in [-0.15, -0.1) is 0 Å². The lowest BCUT2D eigenvalue weighted by Crippen LogP contribution is -2.40. The highest BCUT2D eigenvalue weighted by molar-refractivity contribution is 8.13. The van der Waals surface area contributed by atoms with Gasteiger partial charge in [-0.05, 0) is 19.1 Å². The fraction of sp³-hybridized carbons (Fsp3) is 0.400. The molecule has 0 fully saturated rings. The van der Waals surface area contributed by atoms with E-state index in [1.165, 1.54) is 21.0 Å². The predicted molar refractivity (Wildman–Crippen MR) is 84.0 cm³/mol. The Balaban J connectivity index is 2.48. The van der Waals surface area contributed by atoms with E-state index in [9.17, 15) is 14.4 Å². The average molecular weight is 325 g/mol. The first kappa shape index (κ1) is 18.0. The molecule has 0 aliphatic carbocycles. The van der Waals surface area contributed by atoms with E-state index in [-0.39, 0.29) is 17.4 Å². The summed E-state index contributed by atoms with van der Waals surface area (Å²) < 4.78 is 10.3. The molecule has 1 N–H and O–H groups in total. The molecule has 1 aromatic carbocycles. The van der Waals surface area contributed by atoms with Crippen molar-refractivity contribution in [2.24, 2.45) is 0 Å². The maximum absolute atomic E-state index is 11.9. The Morgan fingerprint density at radius 1 is 1.23 bits per heavy atom. The molecule has 0 radical (unpaired) electrons. The SMILES string of the molecule is COc1ccccc1OC(=O)[C@H](C)NC(=O)CCSC(C)=O. The Hall–Kier alpha value is -2.02. The van der Waals surface area contributed by atoms with Gasteiger partial charge >= 0.3 is 5.97 Å². The Morgan fingerprint density at radius 2 is 1.86 bits per heavy atom. The molecule has 1 rings (SSSR count). The van der Waals surface area contributed by atoms with E-state index < -0.39 is 12.0 Å². The van der Waals surface area contributed by atoms with Gasteiger partial charge < -0.3 is 14.8 Å². The molecule has 120 valence electrons. The molecule has 0 aromatic heterocycles. The maximum atomic E-state index is 11.9. The summed E-state index contributed by atoms with van der Waals surface area (Å²) in [7, 11) is 1.48. The third-order valence-electron chi connectivity index (χ3n) is 2.65. The molecule has 1 aromatic rings. The minimum atomic E-state index is -0.792. The van der Waals surface area contributed by atoms with Gasteiger partial charge in [-0.25, -0.2) is 4.79 Å². The van der Waals surface area contributed by atoms with Crippen LogP contribution in [0.25, 0.3) is 0 Å². The summed E-state index contributed by atoms with van der Waals surface area (Å²) in [5.41, 5.74) is 0. The minimum absolute atomic E-state index is 0.0450. The first-order valence-corrected chi connectivity index (χ1v) is 7.70. The fourth-order valence-electron chi connectivity index (χ4n) is 1.56. The number of carbonyl (C=O) groups is 3. The normalized spacial score (nSPS) is 11.4. The Labute approximate surface area is 133 Å². The van der Waals surface area contributed by atoms with Gasteiger partial charge in [0.05, 0.1) is 7.11 Å². The van der Waals surface area contributed by atoms with E-state index in [0.29, 0.717) is 17.3 Å². The Bertz CT molecular complexity index is 546. The lowest BCUT2D eigenvalue weighted by Gasteiger charge is -2.14. The molecule has 1 atom stereocenters. The summed E-state index contributed by atoms with van der Waals surface area (Å²) in [6.45, 7) is 2.98. The number of rotatable bonds is 7. The van der Waals surface area contributed by atoms with Crippen LogP contribution in [0.4, 0.5) is 0 Å². The minimum Gasteiger partial charge on any atom is -0.493 e. The van der Waals surface area contributed by atoms with Crippen molar-refractivity contribution in [1.29, 1.82) is 0 Å². The summed E-state index contributed by atoms with van der Waals surface area (Å²) in [5, 5.41) is 2.49. The van der Waals surface area contributed by atoms with Crippen molar-refractivity contribution in [2.45, 2.75) is 26.3 Å². The largest absolute Gasteiger partial charge is 0.493 e. The zero-order valence-electron chi connectivity index (χ0n) is 12.8. The van der Waals surface area contributed by atoms with Crippen molar-refractivity contribution < 1.29 is 23.9 Å². The van der Waals surface area contributed by atoms with Crippen LogP contribution in [0.3, 0.4) is 0 Å². The van der Waals surface area contributed by atoms with Crippen molar-refractivity contribution in [3.8, 4) is 11.5 Å². The second-order valence-electron chi connectivity index (χ2n) is 4.45. The average Bonchev–Trinajstić information content (AvgIpc) is 2.47. The third kappa shape index (κ3) is 6.17. The van der Waals surface area contributed by atoms with Crippen LogP contribution in [0, 0.1) is 0 Å². The molecule has 22 heavy (non-hydrogen) atoms. The van der Waals surface area contributed by atoms with E-state index in [2.05, 4.69) is 5.32 Å². The predicted octanol–water partition coefficient (Wildman–Crippen LogP) is 1.78. The summed E-state index contributed by atoms with van der Waals surface area (Å²) in [6.07, 6.45) is 0.163. The van der Waals surface area contributed by atoms with Gasteiger partial charge in [-0.1, -0.05) is 23.9 Å². The van der Waals surface area contributed by atoms with Crippen LogP contribution in [0.15, 0.2) is 24.3 Å². The zero-order valence-corrected chi connectivity index (χ0v) is 13.6. The van der Waals surface area contributed by atoms with Crippen LogP contribution >= 0.6 is 11.8 Å². The number of nitrogens with one attached hydrogen (secondary N) is 1. The molecule has 0 unspecified atom stereocenters. The smallest absolute Gasteiger partial charge is 0.333 e. The van der Waals surface area contributed by atoms with Crippen molar-refractivity contribution in [1.82, 2.24) is 5.32 Å². The topological polar surface area (TPSA) is 81.7 Å².